The summed E-state index contributed by atoms with van der Waals surface area (Å²) < 4.78 is 0. The van der Waals surface area contributed by atoms with Gasteiger partial charge in [-0.05, 0) is 32.2 Å². The molecule has 3 rings (SSSR count). The summed E-state index contributed by atoms with van der Waals surface area (Å²) in [6.07, 6.45) is 7.95. The quantitative estimate of drug-likeness (QED) is 0.846. The molecule has 18 heavy (non-hydrogen) atoms. The van der Waals surface area contributed by atoms with E-state index < -0.39 is 0 Å². The first-order chi connectivity index (χ1) is 8.90. The van der Waals surface area contributed by atoms with E-state index in [0.717, 1.165) is 36.5 Å². The first kappa shape index (κ1) is 11.4. The number of nitrogens with zero attached hydrogens (tertiary/aromatic N) is 4. The number of fused-ring (bicyclic) bond motifs is 1. The van der Waals surface area contributed by atoms with E-state index in [-0.39, 0.29) is 0 Å². The number of hydrogen-bond acceptors (Lipinski definition) is 5. The summed E-state index contributed by atoms with van der Waals surface area (Å²) >= 11 is 0. The van der Waals surface area contributed by atoms with Gasteiger partial charge in [0.1, 0.15) is 11.8 Å². The molecule has 1 fully saturated rings. The molecule has 0 aromatic carbocycles. The van der Waals surface area contributed by atoms with E-state index in [2.05, 4.69) is 24.8 Å². The maximum atomic E-state index is 5.71. The standard InChI is InChI=1S/C12H18N6/c13-5-4-9-3-1-2-6-18(9)12-10-11(15-7-14-10)16-8-17-12/h7-9H,1-6,13H2,(H,14,15,16,17). The zero-order chi connectivity index (χ0) is 12.4. The minimum Gasteiger partial charge on any atom is -0.352 e. The van der Waals surface area contributed by atoms with Crippen LogP contribution < -0.4 is 10.6 Å². The van der Waals surface area contributed by atoms with Crippen molar-refractivity contribution < 1.29 is 0 Å². The molecule has 96 valence electrons. The van der Waals surface area contributed by atoms with Crippen LogP contribution in [0.5, 0.6) is 0 Å². The van der Waals surface area contributed by atoms with E-state index >= 15 is 0 Å². The van der Waals surface area contributed by atoms with Gasteiger partial charge in [0.15, 0.2) is 11.5 Å². The Labute approximate surface area is 106 Å². The minimum absolute atomic E-state index is 0.491. The Hall–Kier alpha value is -1.69. The summed E-state index contributed by atoms with van der Waals surface area (Å²) in [6.45, 7) is 1.76. The molecule has 3 heterocycles. The zero-order valence-electron chi connectivity index (χ0n) is 10.3. The largest absolute Gasteiger partial charge is 0.352 e. The Morgan fingerprint density at radius 1 is 1.33 bits per heavy atom. The highest BCUT2D eigenvalue weighted by Crippen LogP contribution is 2.28. The maximum Gasteiger partial charge on any atom is 0.182 e. The summed E-state index contributed by atoms with van der Waals surface area (Å²) in [5, 5.41) is 0. The number of rotatable bonds is 3. The first-order valence-corrected chi connectivity index (χ1v) is 6.51. The van der Waals surface area contributed by atoms with Gasteiger partial charge in [0.2, 0.25) is 0 Å². The van der Waals surface area contributed by atoms with Crippen LogP contribution >= 0.6 is 0 Å². The van der Waals surface area contributed by atoms with E-state index in [1.165, 1.54) is 19.3 Å². The summed E-state index contributed by atoms with van der Waals surface area (Å²) in [4.78, 5) is 18.3. The average Bonchev–Trinajstić information content (AvgIpc) is 2.88. The molecule has 6 nitrogen and oxygen atoms in total. The molecule has 2 aromatic rings. The van der Waals surface area contributed by atoms with E-state index in [9.17, 15) is 0 Å². The van der Waals surface area contributed by atoms with Gasteiger partial charge in [-0.2, -0.15) is 0 Å². The number of aromatic amines is 1. The van der Waals surface area contributed by atoms with Crippen LogP contribution in [0.2, 0.25) is 0 Å². The highest BCUT2D eigenvalue weighted by molar-refractivity contribution is 5.82. The fourth-order valence-electron chi connectivity index (χ4n) is 2.74. The Morgan fingerprint density at radius 2 is 2.28 bits per heavy atom. The van der Waals surface area contributed by atoms with Gasteiger partial charge in [-0.3, -0.25) is 0 Å². The fraction of sp³-hybridized carbons (Fsp3) is 0.583. The molecule has 0 spiro atoms. The normalized spacial score (nSPS) is 20.5. The molecular formula is C12H18N6. The zero-order valence-corrected chi connectivity index (χ0v) is 10.3. The van der Waals surface area contributed by atoms with Crippen molar-refractivity contribution in [2.24, 2.45) is 5.73 Å². The number of anilines is 1. The molecule has 1 unspecified atom stereocenters. The lowest BCUT2D eigenvalue weighted by atomic mass is 9.99. The SMILES string of the molecule is NCCC1CCCCN1c1ncnc2nc[nH]c12. The molecule has 0 amide bonds. The van der Waals surface area contributed by atoms with Crippen LogP contribution in [-0.4, -0.2) is 39.1 Å². The average molecular weight is 246 g/mol. The number of nitrogens with two attached hydrogens (primary N) is 1. The Kier molecular flexibility index (Phi) is 3.10. The van der Waals surface area contributed by atoms with Gasteiger partial charge in [0.05, 0.1) is 6.33 Å². The number of nitrogens with one attached hydrogen (secondary N) is 1. The monoisotopic (exact) mass is 246 g/mol. The summed E-state index contributed by atoms with van der Waals surface area (Å²) in [5.41, 5.74) is 7.38. The third-order valence-electron chi connectivity index (χ3n) is 3.60. The Balaban J connectivity index is 1.98. The molecular weight excluding hydrogens is 228 g/mol. The van der Waals surface area contributed by atoms with Crippen molar-refractivity contribution in [3.05, 3.63) is 12.7 Å². The van der Waals surface area contributed by atoms with Crippen molar-refractivity contribution in [1.29, 1.82) is 0 Å². The Morgan fingerprint density at radius 3 is 3.17 bits per heavy atom. The van der Waals surface area contributed by atoms with Gasteiger partial charge in [-0.1, -0.05) is 0 Å². The van der Waals surface area contributed by atoms with E-state index in [0.29, 0.717) is 6.04 Å². The molecule has 0 bridgehead atoms. The third-order valence-corrected chi connectivity index (χ3v) is 3.60. The van der Waals surface area contributed by atoms with Crippen molar-refractivity contribution in [2.75, 3.05) is 18.0 Å². The van der Waals surface area contributed by atoms with Gasteiger partial charge in [-0.25, -0.2) is 15.0 Å². The molecule has 3 N–H and O–H groups in total. The van der Waals surface area contributed by atoms with Crippen LogP contribution in [0.25, 0.3) is 11.2 Å². The van der Waals surface area contributed by atoms with Gasteiger partial charge < -0.3 is 15.6 Å². The van der Waals surface area contributed by atoms with E-state index in [1.54, 1.807) is 12.7 Å². The van der Waals surface area contributed by atoms with Crippen LogP contribution in [-0.2, 0) is 0 Å². The predicted octanol–water partition coefficient (Wildman–Crippen LogP) is 1.06. The Bertz CT molecular complexity index is 520. The van der Waals surface area contributed by atoms with Gasteiger partial charge >= 0.3 is 0 Å². The predicted molar refractivity (Wildman–Crippen MR) is 70.3 cm³/mol. The highest BCUT2D eigenvalue weighted by atomic mass is 15.2. The van der Waals surface area contributed by atoms with Gasteiger partial charge in [-0.15, -0.1) is 0 Å². The van der Waals surface area contributed by atoms with Crippen molar-refractivity contribution in [3.8, 4) is 0 Å². The molecule has 0 radical (unpaired) electrons. The number of H-pyrrole nitrogens is 1. The van der Waals surface area contributed by atoms with Crippen LogP contribution in [0.1, 0.15) is 25.7 Å². The lowest BCUT2D eigenvalue weighted by Gasteiger charge is -2.36. The summed E-state index contributed by atoms with van der Waals surface area (Å²) in [5.74, 6) is 0.968. The van der Waals surface area contributed by atoms with Crippen molar-refractivity contribution in [2.45, 2.75) is 31.7 Å². The molecule has 6 heteroatoms. The van der Waals surface area contributed by atoms with Crippen molar-refractivity contribution in [3.63, 3.8) is 0 Å². The van der Waals surface area contributed by atoms with Gasteiger partial charge in [0.25, 0.3) is 0 Å². The van der Waals surface area contributed by atoms with Crippen LogP contribution in [0.4, 0.5) is 5.82 Å². The lowest BCUT2D eigenvalue weighted by molar-refractivity contribution is 0.439. The number of aromatic nitrogens is 4. The maximum absolute atomic E-state index is 5.71. The lowest BCUT2D eigenvalue weighted by Crippen LogP contribution is -2.41. The molecule has 0 aliphatic carbocycles. The topological polar surface area (TPSA) is 83.7 Å². The third kappa shape index (κ3) is 1.92. The van der Waals surface area contributed by atoms with E-state index in [1.807, 2.05) is 0 Å². The van der Waals surface area contributed by atoms with Crippen molar-refractivity contribution >= 4 is 17.0 Å². The van der Waals surface area contributed by atoms with E-state index in [4.69, 9.17) is 5.73 Å². The van der Waals surface area contributed by atoms with Crippen LogP contribution in [0.15, 0.2) is 12.7 Å². The summed E-state index contributed by atoms with van der Waals surface area (Å²) in [7, 11) is 0. The molecule has 0 saturated carbocycles. The summed E-state index contributed by atoms with van der Waals surface area (Å²) in [6, 6.07) is 0.491. The number of imidazole rings is 1. The molecule has 1 aliphatic rings. The van der Waals surface area contributed by atoms with Crippen molar-refractivity contribution in [1.82, 2.24) is 19.9 Å². The minimum atomic E-state index is 0.491. The molecule has 1 aliphatic heterocycles. The van der Waals surface area contributed by atoms with Crippen LogP contribution in [0.3, 0.4) is 0 Å². The molecule has 2 aromatic heterocycles. The fourth-order valence-corrected chi connectivity index (χ4v) is 2.74. The molecule has 1 atom stereocenters. The second-order valence-electron chi connectivity index (χ2n) is 4.72. The second kappa shape index (κ2) is 4.89. The number of hydrogen-bond donors (Lipinski definition) is 2. The molecule has 1 saturated heterocycles. The van der Waals surface area contributed by atoms with Crippen LogP contribution in [0, 0.1) is 0 Å². The number of piperidine rings is 1. The smallest absolute Gasteiger partial charge is 0.182 e. The first-order valence-electron chi connectivity index (χ1n) is 6.51. The van der Waals surface area contributed by atoms with Gasteiger partial charge in [0, 0.05) is 12.6 Å². The second-order valence-corrected chi connectivity index (χ2v) is 4.72. The highest BCUT2D eigenvalue weighted by Gasteiger charge is 2.25.